The van der Waals surface area contributed by atoms with Crippen molar-refractivity contribution in [3.8, 4) is 0 Å². The SMILES string of the molecule is O=C(O)C1=CC2NCCNC2N1. The van der Waals surface area contributed by atoms with E-state index in [1.807, 2.05) is 0 Å². The minimum Gasteiger partial charge on any atom is -0.477 e. The second kappa shape index (κ2) is 2.76. The van der Waals surface area contributed by atoms with E-state index in [1.54, 1.807) is 6.08 Å². The highest BCUT2D eigenvalue weighted by atomic mass is 16.4. The van der Waals surface area contributed by atoms with Crippen LogP contribution in [0.2, 0.25) is 0 Å². The Morgan fingerprint density at radius 1 is 1.50 bits per heavy atom. The zero-order valence-electron chi connectivity index (χ0n) is 6.50. The van der Waals surface area contributed by atoms with Crippen LogP contribution in [0.1, 0.15) is 0 Å². The summed E-state index contributed by atoms with van der Waals surface area (Å²) < 4.78 is 0. The van der Waals surface area contributed by atoms with Crippen molar-refractivity contribution in [3.05, 3.63) is 11.8 Å². The van der Waals surface area contributed by atoms with Crippen LogP contribution in [0.4, 0.5) is 0 Å². The lowest BCUT2D eigenvalue weighted by atomic mass is 10.2. The van der Waals surface area contributed by atoms with E-state index in [4.69, 9.17) is 5.11 Å². The van der Waals surface area contributed by atoms with Crippen molar-refractivity contribution < 1.29 is 9.90 Å². The van der Waals surface area contributed by atoms with Crippen LogP contribution in [0.3, 0.4) is 0 Å². The van der Waals surface area contributed by atoms with Crippen LogP contribution < -0.4 is 16.0 Å². The minimum atomic E-state index is -0.895. The zero-order chi connectivity index (χ0) is 8.55. The first kappa shape index (κ1) is 7.57. The molecule has 12 heavy (non-hydrogen) atoms. The summed E-state index contributed by atoms with van der Waals surface area (Å²) in [6.45, 7) is 1.75. The molecule has 0 aromatic rings. The molecule has 2 unspecified atom stereocenters. The molecule has 1 saturated heterocycles. The maximum atomic E-state index is 10.6. The second-order valence-electron chi connectivity index (χ2n) is 2.94. The molecule has 2 rings (SSSR count). The lowest BCUT2D eigenvalue weighted by Crippen LogP contribution is -2.57. The molecule has 66 valence electrons. The first-order chi connectivity index (χ1) is 5.77. The van der Waals surface area contributed by atoms with Gasteiger partial charge in [0.25, 0.3) is 0 Å². The molecule has 2 atom stereocenters. The molecular weight excluding hydrogens is 158 g/mol. The van der Waals surface area contributed by atoms with Crippen LogP contribution in [0.25, 0.3) is 0 Å². The van der Waals surface area contributed by atoms with Gasteiger partial charge in [0.15, 0.2) is 0 Å². The van der Waals surface area contributed by atoms with Crippen LogP contribution in [-0.2, 0) is 4.79 Å². The second-order valence-corrected chi connectivity index (χ2v) is 2.94. The van der Waals surface area contributed by atoms with E-state index >= 15 is 0 Å². The Labute approximate surface area is 69.8 Å². The lowest BCUT2D eigenvalue weighted by Gasteiger charge is -2.27. The molecule has 5 heteroatoms. The summed E-state index contributed by atoms with van der Waals surface area (Å²) in [4.78, 5) is 10.6. The lowest BCUT2D eigenvalue weighted by molar-refractivity contribution is -0.133. The average molecular weight is 169 g/mol. The molecule has 0 bridgehead atoms. The molecule has 4 N–H and O–H groups in total. The summed E-state index contributed by atoms with van der Waals surface area (Å²) in [6, 6.07) is 0.116. The zero-order valence-corrected chi connectivity index (χ0v) is 6.50. The predicted molar refractivity (Wildman–Crippen MR) is 42.4 cm³/mol. The quantitative estimate of drug-likeness (QED) is 0.382. The van der Waals surface area contributed by atoms with Crippen molar-refractivity contribution in [2.45, 2.75) is 12.2 Å². The van der Waals surface area contributed by atoms with Crippen LogP contribution in [0, 0.1) is 0 Å². The Bertz CT molecular complexity index is 239. The van der Waals surface area contributed by atoms with Gasteiger partial charge in [-0.2, -0.15) is 0 Å². The normalized spacial score (nSPS) is 33.5. The van der Waals surface area contributed by atoms with E-state index in [1.165, 1.54) is 0 Å². The third-order valence-corrected chi connectivity index (χ3v) is 2.12. The van der Waals surface area contributed by atoms with Crippen LogP contribution >= 0.6 is 0 Å². The molecule has 0 aromatic heterocycles. The van der Waals surface area contributed by atoms with Gasteiger partial charge in [-0.05, 0) is 6.08 Å². The van der Waals surface area contributed by atoms with Gasteiger partial charge in [-0.1, -0.05) is 0 Å². The highest BCUT2D eigenvalue weighted by Gasteiger charge is 2.30. The predicted octanol–water partition coefficient (Wildman–Crippen LogP) is -1.55. The van der Waals surface area contributed by atoms with E-state index in [0.29, 0.717) is 0 Å². The number of rotatable bonds is 1. The van der Waals surface area contributed by atoms with Crippen molar-refractivity contribution in [2.24, 2.45) is 0 Å². The summed E-state index contributed by atoms with van der Waals surface area (Å²) >= 11 is 0. The third kappa shape index (κ3) is 1.17. The van der Waals surface area contributed by atoms with Gasteiger partial charge in [0, 0.05) is 13.1 Å². The summed E-state index contributed by atoms with van der Waals surface area (Å²) in [7, 11) is 0. The first-order valence-electron chi connectivity index (χ1n) is 3.96. The maximum absolute atomic E-state index is 10.6. The number of nitrogens with one attached hydrogen (secondary N) is 3. The summed E-state index contributed by atoms with van der Waals surface area (Å²) in [5.41, 5.74) is 0.284. The monoisotopic (exact) mass is 169 g/mol. The van der Waals surface area contributed by atoms with E-state index < -0.39 is 5.97 Å². The molecule has 2 heterocycles. The molecule has 0 saturated carbocycles. The van der Waals surface area contributed by atoms with Crippen molar-refractivity contribution in [2.75, 3.05) is 13.1 Å². The van der Waals surface area contributed by atoms with Crippen molar-refractivity contribution >= 4 is 5.97 Å². The van der Waals surface area contributed by atoms with Gasteiger partial charge in [-0.15, -0.1) is 0 Å². The van der Waals surface area contributed by atoms with Crippen LogP contribution in [0.5, 0.6) is 0 Å². The smallest absolute Gasteiger partial charge is 0.351 e. The standard InChI is InChI=1S/C7H11N3O2/c11-7(12)5-3-4-6(10-5)9-2-1-8-4/h3-4,6,8-10H,1-2H2,(H,11,12). The number of carbonyl (C=O) groups is 1. The van der Waals surface area contributed by atoms with Crippen molar-refractivity contribution in [3.63, 3.8) is 0 Å². The Balaban J connectivity index is 2.09. The number of aliphatic carboxylic acids is 1. The Kier molecular flexibility index (Phi) is 1.74. The topological polar surface area (TPSA) is 73.4 Å². The number of fused-ring (bicyclic) bond motifs is 1. The van der Waals surface area contributed by atoms with Gasteiger partial charge >= 0.3 is 5.97 Å². The van der Waals surface area contributed by atoms with Gasteiger partial charge in [0.05, 0.1) is 12.2 Å². The molecule has 0 aliphatic carbocycles. The molecule has 0 aromatic carbocycles. The van der Waals surface area contributed by atoms with E-state index in [2.05, 4.69) is 16.0 Å². The highest BCUT2D eigenvalue weighted by Crippen LogP contribution is 2.09. The molecule has 0 radical (unpaired) electrons. The van der Waals surface area contributed by atoms with Crippen molar-refractivity contribution in [1.29, 1.82) is 0 Å². The van der Waals surface area contributed by atoms with Gasteiger partial charge in [0.1, 0.15) is 5.70 Å². The number of hydrogen-bond acceptors (Lipinski definition) is 4. The van der Waals surface area contributed by atoms with E-state index in [9.17, 15) is 4.79 Å². The third-order valence-electron chi connectivity index (χ3n) is 2.12. The summed E-state index contributed by atoms with van der Waals surface area (Å²) in [6.07, 6.45) is 1.75. The minimum absolute atomic E-state index is 0.0462. The summed E-state index contributed by atoms with van der Waals surface area (Å²) in [5.74, 6) is -0.895. The number of hydrogen-bond donors (Lipinski definition) is 4. The average Bonchev–Trinajstić information content (AvgIpc) is 2.46. The van der Waals surface area contributed by atoms with Gasteiger partial charge < -0.3 is 15.7 Å². The van der Waals surface area contributed by atoms with Gasteiger partial charge in [0.2, 0.25) is 0 Å². The fraction of sp³-hybridized carbons (Fsp3) is 0.571. The molecule has 2 aliphatic rings. The Morgan fingerprint density at radius 3 is 2.92 bits per heavy atom. The van der Waals surface area contributed by atoms with Crippen molar-refractivity contribution in [1.82, 2.24) is 16.0 Å². The van der Waals surface area contributed by atoms with E-state index in [-0.39, 0.29) is 17.9 Å². The van der Waals surface area contributed by atoms with Gasteiger partial charge in [-0.25, -0.2) is 4.79 Å². The molecule has 1 fully saturated rings. The van der Waals surface area contributed by atoms with E-state index in [0.717, 1.165) is 13.1 Å². The molecule has 2 aliphatic heterocycles. The van der Waals surface area contributed by atoms with Crippen LogP contribution in [-0.4, -0.2) is 36.4 Å². The fourth-order valence-electron chi connectivity index (χ4n) is 1.54. The Hall–Kier alpha value is -1.07. The maximum Gasteiger partial charge on any atom is 0.351 e. The molecule has 0 spiro atoms. The fourth-order valence-corrected chi connectivity index (χ4v) is 1.54. The molecule has 5 nitrogen and oxygen atoms in total. The molecule has 0 amide bonds. The number of piperazine rings is 1. The highest BCUT2D eigenvalue weighted by molar-refractivity contribution is 5.86. The summed E-state index contributed by atoms with van der Waals surface area (Å²) in [5, 5.41) is 17.9. The first-order valence-corrected chi connectivity index (χ1v) is 3.96. The van der Waals surface area contributed by atoms with Crippen LogP contribution in [0.15, 0.2) is 11.8 Å². The Morgan fingerprint density at radius 2 is 2.25 bits per heavy atom. The number of carboxylic acids is 1. The number of carboxylic acid groups (broad SMARTS) is 1. The largest absolute Gasteiger partial charge is 0.477 e. The molecular formula is C7H11N3O2. The van der Waals surface area contributed by atoms with Gasteiger partial charge in [-0.3, -0.25) is 5.32 Å².